The van der Waals surface area contributed by atoms with Gasteiger partial charge in [-0.15, -0.1) is 0 Å². The van der Waals surface area contributed by atoms with Crippen LogP contribution in [0.25, 0.3) is 17.0 Å². The molecule has 0 aliphatic carbocycles. The lowest BCUT2D eigenvalue weighted by molar-refractivity contribution is -0.125. The number of para-hydroxylation sites is 1. The minimum Gasteiger partial charge on any atom is -0.459 e. The van der Waals surface area contributed by atoms with Crippen LogP contribution >= 0.6 is 0 Å². The number of anilines is 2. The first-order valence-electron chi connectivity index (χ1n) is 9.55. The number of carbonyl (C=O) groups excluding carboxylic acids is 2. The highest BCUT2D eigenvalue weighted by Gasteiger charge is 2.21. The number of amides is 2. The Hall–Kier alpha value is -3.65. The van der Waals surface area contributed by atoms with Gasteiger partial charge in [-0.2, -0.15) is 0 Å². The Morgan fingerprint density at radius 2 is 2.20 bits per heavy atom. The first-order chi connectivity index (χ1) is 14.4. The molecule has 2 amide bonds. The highest BCUT2D eigenvalue weighted by molar-refractivity contribution is 5.98. The summed E-state index contributed by atoms with van der Waals surface area (Å²) in [5, 5.41) is 16.2. The maximum Gasteiger partial charge on any atom is 0.256 e. The molecule has 1 aliphatic rings. The van der Waals surface area contributed by atoms with Gasteiger partial charge in [0, 0.05) is 36.8 Å². The van der Waals surface area contributed by atoms with Gasteiger partial charge in [-0.25, -0.2) is 4.98 Å². The summed E-state index contributed by atoms with van der Waals surface area (Å²) < 4.78 is 5.88. The third-order valence-corrected chi connectivity index (χ3v) is 5.06. The molecule has 0 spiro atoms. The molecule has 1 unspecified atom stereocenters. The van der Waals surface area contributed by atoms with Crippen molar-refractivity contribution in [3.8, 4) is 0 Å². The fraction of sp³-hybridized carbons (Fsp3) is 0.227. The molecule has 0 bridgehead atoms. The first kappa shape index (κ1) is 19.7. The zero-order valence-electron chi connectivity index (χ0n) is 16.7. The van der Waals surface area contributed by atoms with Crippen molar-refractivity contribution >= 4 is 40.4 Å². The van der Waals surface area contributed by atoms with Crippen molar-refractivity contribution < 1.29 is 19.1 Å². The number of fused-ring (bicyclic) bond motifs is 2. The topological polar surface area (TPSA) is 108 Å². The third-order valence-electron chi connectivity index (χ3n) is 5.06. The van der Waals surface area contributed by atoms with Crippen molar-refractivity contribution in [2.24, 2.45) is 0 Å². The molecule has 3 N–H and O–H groups in total. The zero-order valence-corrected chi connectivity index (χ0v) is 16.7. The largest absolute Gasteiger partial charge is 0.459 e. The van der Waals surface area contributed by atoms with Crippen molar-refractivity contribution in [2.75, 3.05) is 24.2 Å². The summed E-state index contributed by atoms with van der Waals surface area (Å²) in [5.74, 6) is 0.416. The fourth-order valence-corrected chi connectivity index (χ4v) is 3.27. The molecular weight excluding hydrogens is 384 g/mol. The van der Waals surface area contributed by atoms with Crippen LogP contribution in [-0.2, 0) is 16.1 Å². The predicted octanol–water partition coefficient (Wildman–Crippen LogP) is 2.53. The van der Waals surface area contributed by atoms with Crippen molar-refractivity contribution in [1.29, 1.82) is 0 Å². The van der Waals surface area contributed by atoms with Crippen LogP contribution in [0, 0.1) is 6.92 Å². The van der Waals surface area contributed by atoms with Crippen LogP contribution in [0.15, 0.2) is 47.0 Å². The molecule has 8 heteroatoms. The standard InChI is InChI=1S/C22H22N4O4/c1-13-15-5-3-4-6-18(15)30-19(13)12-26(2)20(28)8-7-14-9-16-21(24-10-14)25-22(29)17(27)11-23-16/h3-10,17,23,27H,11-12H2,1-2H3,(H,24,25,29)/b8-7+. The highest BCUT2D eigenvalue weighted by atomic mass is 16.3. The number of nitrogens with zero attached hydrogens (tertiary/aromatic N) is 2. The Morgan fingerprint density at radius 3 is 3.00 bits per heavy atom. The summed E-state index contributed by atoms with van der Waals surface area (Å²) in [6, 6.07) is 9.55. The SMILES string of the molecule is Cc1c(CN(C)C(=O)/C=C/c2cnc3c(c2)NCC(O)C(=O)N3)oc2ccccc12. The zero-order chi connectivity index (χ0) is 21.3. The molecule has 0 saturated heterocycles. The van der Waals surface area contributed by atoms with Crippen LogP contribution in [-0.4, -0.2) is 46.5 Å². The second kappa shape index (κ2) is 8.00. The van der Waals surface area contributed by atoms with E-state index in [-0.39, 0.29) is 12.5 Å². The van der Waals surface area contributed by atoms with Crippen LogP contribution in [0.2, 0.25) is 0 Å². The van der Waals surface area contributed by atoms with Gasteiger partial charge in [0.1, 0.15) is 17.4 Å². The number of benzene rings is 1. The van der Waals surface area contributed by atoms with Gasteiger partial charge in [0.25, 0.3) is 5.91 Å². The van der Waals surface area contributed by atoms with E-state index in [1.54, 1.807) is 30.3 Å². The molecule has 3 heterocycles. The minimum atomic E-state index is -1.14. The van der Waals surface area contributed by atoms with Gasteiger partial charge in [-0.3, -0.25) is 9.59 Å². The molecule has 8 nitrogen and oxygen atoms in total. The Balaban J connectivity index is 1.45. The second-order valence-electron chi connectivity index (χ2n) is 7.22. The lowest BCUT2D eigenvalue weighted by atomic mass is 10.1. The summed E-state index contributed by atoms with van der Waals surface area (Å²) in [6.45, 7) is 2.43. The number of pyridine rings is 1. The average molecular weight is 406 g/mol. The molecule has 30 heavy (non-hydrogen) atoms. The van der Waals surface area contributed by atoms with Gasteiger partial charge in [0.15, 0.2) is 5.82 Å². The molecule has 154 valence electrons. The molecule has 0 fully saturated rings. The van der Waals surface area contributed by atoms with Gasteiger partial charge in [-0.05, 0) is 30.7 Å². The first-order valence-corrected chi connectivity index (χ1v) is 9.55. The number of hydrogen-bond donors (Lipinski definition) is 3. The molecule has 0 radical (unpaired) electrons. The normalized spacial score (nSPS) is 16.1. The number of furan rings is 1. The van der Waals surface area contributed by atoms with Crippen molar-refractivity contribution in [3.63, 3.8) is 0 Å². The summed E-state index contributed by atoms with van der Waals surface area (Å²) in [7, 11) is 1.72. The number of likely N-dealkylation sites (N-methyl/N-ethyl adjacent to an activating group) is 1. The van der Waals surface area contributed by atoms with Crippen LogP contribution in [0.3, 0.4) is 0 Å². The molecule has 1 atom stereocenters. The van der Waals surface area contributed by atoms with E-state index in [4.69, 9.17) is 4.42 Å². The molecular formula is C22H22N4O4. The lowest BCUT2D eigenvalue weighted by Crippen LogP contribution is -2.30. The summed E-state index contributed by atoms with van der Waals surface area (Å²) in [5.41, 5.74) is 3.11. The van der Waals surface area contributed by atoms with Crippen molar-refractivity contribution in [1.82, 2.24) is 9.88 Å². The number of rotatable bonds is 4. The highest BCUT2D eigenvalue weighted by Crippen LogP contribution is 2.26. The monoisotopic (exact) mass is 406 g/mol. The van der Waals surface area contributed by atoms with Gasteiger partial charge in [0.05, 0.1) is 12.2 Å². The maximum absolute atomic E-state index is 12.5. The number of aliphatic hydroxyl groups excluding tert-OH is 1. The Bertz CT molecular complexity index is 1150. The van der Waals surface area contributed by atoms with Crippen LogP contribution in [0.5, 0.6) is 0 Å². The molecule has 4 rings (SSSR count). The molecule has 2 aromatic heterocycles. The number of β-amino-alcohol motifs (C(OH)–C–C–N with tert-alkyl or cyclic N) is 1. The van der Waals surface area contributed by atoms with E-state index >= 15 is 0 Å². The van der Waals surface area contributed by atoms with Gasteiger partial charge in [-0.1, -0.05) is 18.2 Å². The Labute approximate surface area is 173 Å². The fourth-order valence-electron chi connectivity index (χ4n) is 3.27. The number of aliphatic hydroxyl groups is 1. The maximum atomic E-state index is 12.5. The number of nitrogens with one attached hydrogen (secondary N) is 2. The quantitative estimate of drug-likeness (QED) is 0.575. The second-order valence-corrected chi connectivity index (χ2v) is 7.22. The van der Waals surface area contributed by atoms with E-state index in [0.717, 1.165) is 22.3 Å². The van der Waals surface area contributed by atoms with Crippen molar-refractivity contribution in [2.45, 2.75) is 19.6 Å². The average Bonchev–Trinajstić information content (AvgIpc) is 2.98. The molecule has 1 aliphatic heterocycles. The molecule has 1 aromatic carbocycles. The van der Waals surface area contributed by atoms with Crippen LogP contribution < -0.4 is 10.6 Å². The van der Waals surface area contributed by atoms with E-state index in [9.17, 15) is 14.7 Å². The Kier molecular flexibility index (Phi) is 5.24. The predicted molar refractivity (Wildman–Crippen MR) is 114 cm³/mol. The van der Waals surface area contributed by atoms with Gasteiger partial charge in [0.2, 0.25) is 5.91 Å². The summed E-state index contributed by atoms with van der Waals surface area (Å²) in [6.07, 6.45) is 3.52. The number of aryl methyl sites for hydroxylation is 1. The van der Waals surface area contributed by atoms with Crippen molar-refractivity contribution in [3.05, 3.63) is 59.5 Å². The lowest BCUT2D eigenvalue weighted by Gasteiger charge is -2.14. The number of aromatic nitrogens is 1. The smallest absolute Gasteiger partial charge is 0.256 e. The van der Waals surface area contributed by atoms with E-state index in [0.29, 0.717) is 23.6 Å². The van der Waals surface area contributed by atoms with E-state index in [1.165, 1.54) is 6.08 Å². The van der Waals surface area contributed by atoms with E-state index in [1.807, 2.05) is 31.2 Å². The van der Waals surface area contributed by atoms with Crippen LogP contribution in [0.4, 0.5) is 11.5 Å². The van der Waals surface area contributed by atoms with Gasteiger partial charge < -0.3 is 25.1 Å². The minimum absolute atomic E-state index is 0.0895. The summed E-state index contributed by atoms with van der Waals surface area (Å²) >= 11 is 0. The van der Waals surface area contributed by atoms with E-state index < -0.39 is 12.0 Å². The van der Waals surface area contributed by atoms with Gasteiger partial charge >= 0.3 is 0 Å². The third kappa shape index (κ3) is 3.90. The molecule has 0 saturated carbocycles. The number of carbonyl (C=O) groups is 2. The molecule has 3 aromatic rings. The van der Waals surface area contributed by atoms with Crippen LogP contribution in [0.1, 0.15) is 16.9 Å². The summed E-state index contributed by atoms with van der Waals surface area (Å²) in [4.78, 5) is 30.0. The van der Waals surface area contributed by atoms with E-state index in [2.05, 4.69) is 15.6 Å². The number of hydrogen-bond acceptors (Lipinski definition) is 6. The Morgan fingerprint density at radius 1 is 1.40 bits per heavy atom.